The van der Waals surface area contributed by atoms with Gasteiger partial charge < -0.3 is 14.5 Å². The molecule has 0 radical (unpaired) electrons. The van der Waals surface area contributed by atoms with E-state index in [1.165, 1.54) is 0 Å². The van der Waals surface area contributed by atoms with Crippen molar-refractivity contribution in [3.63, 3.8) is 0 Å². The number of ether oxygens (including phenoxy) is 1. The van der Waals surface area contributed by atoms with Gasteiger partial charge in [0.25, 0.3) is 5.91 Å². The summed E-state index contributed by atoms with van der Waals surface area (Å²) in [6, 6.07) is 5.85. The molecule has 1 aliphatic rings. The lowest BCUT2D eigenvalue weighted by atomic mass is 9.86. The quantitative estimate of drug-likeness (QED) is 0.826. The fourth-order valence-electron chi connectivity index (χ4n) is 3.25. The lowest BCUT2D eigenvalue weighted by molar-refractivity contribution is -0.131. The van der Waals surface area contributed by atoms with Gasteiger partial charge in [-0.2, -0.15) is 0 Å². The molecule has 2 rings (SSSR count). The Morgan fingerprint density at radius 1 is 1.08 bits per heavy atom. The molecule has 1 aliphatic heterocycles. The Bertz CT molecular complexity index is 649. The van der Waals surface area contributed by atoms with Crippen LogP contribution in [-0.2, 0) is 10.2 Å². The first-order valence-electron chi connectivity index (χ1n) is 9.53. The summed E-state index contributed by atoms with van der Waals surface area (Å²) in [4.78, 5) is 29.1. The van der Waals surface area contributed by atoms with E-state index in [0.717, 1.165) is 24.9 Å². The van der Waals surface area contributed by atoms with Crippen molar-refractivity contribution >= 4 is 11.8 Å². The van der Waals surface area contributed by atoms with Gasteiger partial charge in [-0.25, -0.2) is 0 Å². The molecule has 0 N–H and O–H groups in total. The molecule has 5 heteroatoms. The molecule has 1 aromatic carbocycles. The van der Waals surface area contributed by atoms with Crippen LogP contribution >= 0.6 is 0 Å². The Morgan fingerprint density at radius 3 is 2.35 bits per heavy atom. The Kier molecular flexibility index (Phi) is 6.68. The maximum atomic E-state index is 13.2. The summed E-state index contributed by atoms with van der Waals surface area (Å²) in [5.74, 6) is 0.776. The van der Waals surface area contributed by atoms with E-state index >= 15 is 0 Å². The molecular formula is C21H32N2O3. The van der Waals surface area contributed by atoms with Gasteiger partial charge in [-0.1, -0.05) is 33.8 Å². The highest BCUT2D eigenvalue weighted by Gasteiger charge is 2.26. The number of hydrogen-bond acceptors (Lipinski definition) is 3. The normalized spacial score (nSPS) is 15.6. The third kappa shape index (κ3) is 4.77. The summed E-state index contributed by atoms with van der Waals surface area (Å²) < 4.78 is 5.44. The average Bonchev–Trinajstić information content (AvgIpc) is 2.86. The van der Waals surface area contributed by atoms with E-state index in [-0.39, 0.29) is 17.2 Å². The lowest BCUT2D eigenvalue weighted by Crippen LogP contribution is -2.37. The molecule has 0 bridgehead atoms. The van der Waals surface area contributed by atoms with Gasteiger partial charge in [-0.05, 0) is 36.0 Å². The number of carbonyl (C=O) groups is 2. The third-order valence-corrected chi connectivity index (χ3v) is 4.90. The number of benzene rings is 1. The highest BCUT2D eigenvalue weighted by Crippen LogP contribution is 2.29. The number of hydrogen-bond donors (Lipinski definition) is 0. The van der Waals surface area contributed by atoms with Crippen LogP contribution in [0.1, 0.15) is 62.9 Å². The Morgan fingerprint density at radius 2 is 1.73 bits per heavy atom. The third-order valence-electron chi connectivity index (χ3n) is 4.90. The second-order valence-electron chi connectivity index (χ2n) is 7.94. The highest BCUT2D eigenvalue weighted by molar-refractivity contribution is 5.97. The molecule has 0 spiro atoms. The van der Waals surface area contributed by atoms with E-state index in [0.29, 0.717) is 37.4 Å². The van der Waals surface area contributed by atoms with E-state index in [2.05, 4.69) is 20.8 Å². The summed E-state index contributed by atoms with van der Waals surface area (Å²) >= 11 is 0. The molecule has 1 heterocycles. The van der Waals surface area contributed by atoms with Gasteiger partial charge >= 0.3 is 0 Å². The molecule has 0 atom stereocenters. The standard InChI is InChI=1S/C21H32N2O3/c1-6-8-19(24)22-11-7-12-23(14-13-22)20(25)17-15-16(21(2,3)4)9-10-18(17)26-5/h9-10,15H,6-8,11-14H2,1-5H3. The minimum absolute atomic E-state index is 0.0160. The second kappa shape index (κ2) is 8.56. The van der Waals surface area contributed by atoms with Gasteiger partial charge in [0.2, 0.25) is 5.91 Å². The van der Waals surface area contributed by atoms with Crippen molar-refractivity contribution in [2.75, 3.05) is 33.3 Å². The number of amides is 2. The number of carbonyl (C=O) groups excluding carboxylic acids is 2. The maximum absolute atomic E-state index is 13.2. The molecule has 0 saturated carbocycles. The minimum atomic E-state index is -0.0382. The van der Waals surface area contributed by atoms with E-state index in [1.807, 2.05) is 34.9 Å². The molecule has 0 aromatic heterocycles. The lowest BCUT2D eigenvalue weighted by Gasteiger charge is -2.25. The SMILES string of the molecule is CCCC(=O)N1CCCN(C(=O)c2cc(C(C)(C)C)ccc2OC)CC1. The van der Waals surface area contributed by atoms with E-state index in [9.17, 15) is 9.59 Å². The summed E-state index contributed by atoms with van der Waals surface area (Å²) in [5.41, 5.74) is 1.67. The van der Waals surface area contributed by atoms with E-state index in [4.69, 9.17) is 4.74 Å². The van der Waals surface area contributed by atoms with Crippen LogP contribution in [-0.4, -0.2) is 54.9 Å². The fraction of sp³-hybridized carbons (Fsp3) is 0.619. The molecule has 1 fully saturated rings. The highest BCUT2D eigenvalue weighted by atomic mass is 16.5. The van der Waals surface area contributed by atoms with Crippen molar-refractivity contribution in [3.8, 4) is 5.75 Å². The average molecular weight is 360 g/mol. The predicted molar refractivity (Wildman–Crippen MR) is 104 cm³/mol. The van der Waals surface area contributed by atoms with Gasteiger partial charge in [0.1, 0.15) is 5.75 Å². The van der Waals surface area contributed by atoms with Gasteiger partial charge in [0.05, 0.1) is 12.7 Å². The van der Waals surface area contributed by atoms with E-state index in [1.54, 1.807) is 7.11 Å². The molecule has 1 aromatic rings. The summed E-state index contributed by atoms with van der Waals surface area (Å²) in [6.45, 7) is 11.0. The van der Waals surface area contributed by atoms with Crippen molar-refractivity contribution in [1.29, 1.82) is 0 Å². The molecule has 0 unspecified atom stereocenters. The van der Waals surface area contributed by atoms with Gasteiger partial charge in [0.15, 0.2) is 0 Å². The molecule has 5 nitrogen and oxygen atoms in total. The summed E-state index contributed by atoms with van der Waals surface area (Å²) in [5, 5.41) is 0. The Hall–Kier alpha value is -2.04. The minimum Gasteiger partial charge on any atom is -0.496 e. The molecule has 1 saturated heterocycles. The van der Waals surface area contributed by atoms with Gasteiger partial charge in [-0.3, -0.25) is 9.59 Å². The summed E-state index contributed by atoms with van der Waals surface area (Å²) in [6.07, 6.45) is 2.24. The molecule has 0 aliphatic carbocycles. The smallest absolute Gasteiger partial charge is 0.257 e. The van der Waals surface area contributed by atoms with Crippen molar-refractivity contribution in [2.24, 2.45) is 0 Å². The molecule has 144 valence electrons. The monoisotopic (exact) mass is 360 g/mol. The first-order valence-corrected chi connectivity index (χ1v) is 9.53. The van der Waals surface area contributed by atoms with Crippen molar-refractivity contribution < 1.29 is 14.3 Å². The predicted octanol–water partition coefficient (Wildman–Crippen LogP) is 3.47. The maximum Gasteiger partial charge on any atom is 0.257 e. The zero-order valence-corrected chi connectivity index (χ0v) is 16.8. The van der Waals surface area contributed by atoms with Gasteiger partial charge in [0, 0.05) is 32.6 Å². The fourth-order valence-corrected chi connectivity index (χ4v) is 3.25. The number of nitrogens with zero attached hydrogens (tertiary/aromatic N) is 2. The molecular weight excluding hydrogens is 328 g/mol. The van der Waals surface area contributed by atoms with Crippen LogP contribution in [0, 0.1) is 0 Å². The van der Waals surface area contributed by atoms with Gasteiger partial charge in [-0.15, -0.1) is 0 Å². The van der Waals surface area contributed by atoms with Crippen LogP contribution in [0.3, 0.4) is 0 Å². The van der Waals surface area contributed by atoms with E-state index < -0.39 is 0 Å². The first-order chi connectivity index (χ1) is 12.3. The molecule has 2 amide bonds. The van der Waals surface area contributed by atoms with Crippen molar-refractivity contribution in [3.05, 3.63) is 29.3 Å². The zero-order chi connectivity index (χ0) is 19.3. The number of rotatable bonds is 4. The topological polar surface area (TPSA) is 49.9 Å². The Labute approximate surface area is 157 Å². The van der Waals surface area contributed by atoms with Crippen molar-refractivity contribution in [1.82, 2.24) is 9.80 Å². The van der Waals surface area contributed by atoms with Crippen LogP contribution < -0.4 is 4.74 Å². The van der Waals surface area contributed by atoms with Crippen LogP contribution in [0.25, 0.3) is 0 Å². The summed E-state index contributed by atoms with van der Waals surface area (Å²) in [7, 11) is 1.59. The van der Waals surface area contributed by atoms with Crippen LogP contribution in [0.15, 0.2) is 18.2 Å². The van der Waals surface area contributed by atoms with Crippen molar-refractivity contribution in [2.45, 2.75) is 52.4 Å². The number of methoxy groups -OCH3 is 1. The van der Waals surface area contributed by atoms with Crippen LogP contribution in [0.4, 0.5) is 0 Å². The molecule has 26 heavy (non-hydrogen) atoms. The second-order valence-corrected chi connectivity index (χ2v) is 7.94. The first kappa shape index (κ1) is 20.3. The largest absolute Gasteiger partial charge is 0.496 e. The van der Waals surface area contributed by atoms with Crippen LogP contribution in [0.5, 0.6) is 5.75 Å². The Balaban J connectivity index is 2.19. The zero-order valence-electron chi connectivity index (χ0n) is 16.8. The van der Waals surface area contributed by atoms with Crippen LogP contribution in [0.2, 0.25) is 0 Å².